The number of rotatable bonds is 2. The van der Waals surface area contributed by atoms with Gasteiger partial charge in [0.1, 0.15) is 5.82 Å². The minimum Gasteiger partial charge on any atom is -0.325 e. The minimum absolute atomic E-state index is 0.228. The zero-order chi connectivity index (χ0) is 11.8. The van der Waals surface area contributed by atoms with Gasteiger partial charge >= 0.3 is 0 Å². The summed E-state index contributed by atoms with van der Waals surface area (Å²) in [6.07, 6.45) is 1.92. The lowest BCUT2D eigenvalue weighted by molar-refractivity contribution is 0.628. The molecule has 3 aromatic rings. The number of fused-ring (bicyclic) bond motifs is 1. The van der Waals surface area contributed by atoms with E-state index in [4.69, 9.17) is 5.73 Å². The second-order valence-corrected chi connectivity index (χ2v) is 4.55. The van der Waals surface area contributed by atoms with E-state index in [1.807, 2.05) is 16.0 Å². The first-order valence-corrected chi connectivity index (χ1v) is 6.07. The Bertz CT molecular complexity index is 654. The maximum absolute atomic E-state index is 12.9. The summed E-state index contributed by atoms with van der Waals surface area (Å²) in [6, 6.07) is 6.44. The van der Waals surface area contributed by atoms with E-state index in [0.29, 0.717) is 6.54 Å². The summed E-state index contributed by atoms with van der Waals surface area (Å²) in [7, 11) is 0. The number of aromatic nitrogens is 2. The van der Waals surface area contributed by atoms with Crippen molar-refractivity contribution < 1.29 is 4.39 Å². The van der Waals surface area contributed by atoms with Gasteiger partial charge < -0.3 is 5.73 Å². The van der Waals surface area contributed by atoms with Crippen LogP contribution in [0.4, 0.5) is 4.39 Å². The minimum atomic E-state index is -0.228. The van der Waals surface area contributed by atoms with Crippen molar-refractivity contribution in [2.24, 2.45) is 5.73 Å². The smallest absolute Gasteiger partial charge is 0.194 e. The summed E-state index contributed by atoms with van der Waals surface area (Å²) in [5, 5.41) is 2.01. The van der Waals surface area contributed by atoms with Crippen molar-refractivity contribution in [3.8, 4) is 11.3 Å². The van der Waals surface area contributed by atoms with Crippen molar-refractivity contribution in [2.75, 3.05) is 0 Å². The molecule has 0 saturated heterocycles. The van der Waals surface area contributed by atoms with Crippen LogP contribution in [0.5, 0.6) is 0 Å². The van der Waals surface area contributed by atoms with Crippen LogP contribution in [-0.2, 0) is 6.54 Å². The number of benzene rings is 1. The number of thiazole rings is 1. The SMILES string of the molecule is NCc1cn2c(-c3ccc(F)cc3)csc2n1. The van der Waals surface area contributed by atoms with Crippen LogP contribution in [0.1, 0.15) is 5.69 Å². The second-order valence-electron chi connectivity index (χ2n) is 3.72. The average molecular weight is 247 g/mol. The van der Waals surface area contributed by atoms with Gasteiger partial charge in [-0.15, -0.1) is 11.3 Å². The van der Waals surface area contributed by atoms with Gasteiger partial charge in [0.25, 0.3) is 0 Å². The zero-order valence-corrected chi connectivity index (χ0v) is 9.75. The summed E-state index contributed by atoms with van der Waals surface area (Å²) in [5.74, 6) is -0.228. The third-order valence-electron chi connectivity index (χ3n) is 2.61. The number of imidazole rings is 1. The molecule has 2 N–H and O–H groups in total. The van der Waals surface area contributed by atoms with Crippen LogP contribution in [0, 0.1) is 5.82 Å². The molecule has 3 nitrogen and oxygen atoms in total. The quantitative estimate of drug-likeness (QED) is 0.756. The highest BCUT2D eigenvalue weighted by atomic mass is 32.1. The van der Waals surface area contributed by atoms with Gasteiger partial charge in [-0.1, -0.05) is 0 Å². The first-order valence-electron chi connectivity index (χ1n) is 5.19. The van der Waals surface area contributed by atoms with Crippen LogP contribution in [0.2, 0.25) is 0 Å². The van der Waals surface area contributed by atoms with Crippen LogP contribution in [0.3, 0.4) is 0 Å². The summed E-state index contributed by atoms with van der Waals surface area (Å²) < 4.78 is 14.9. The number of hydrogen-bond donors (Lipinski definition) is 1. The van der Waals surface area contributed by atoms with E-state index < -0.39 is 0 Å². The Labute approximate surface area is 101 Å². The molecule has 5 heteroatoms. The molecule has 0 radical (unpaired) electrons. The molecule has 0 spiro atoms. The number of halogens is 1. The highest BCUT2D eigenvalue weighted by molar-refractivity contribution is 7.15. The van der Waals surface area contributed by atoms with Crippen LogP contribution in [-0.4, -0.2) is 9.38 Å². The van der Waals surface area contributed by atoms with Crippen LogP contribution < -0.4 is 5.73 Å². The van der Waals surface area contributed by atoms with E-state index in [-0.39, 0.29) is 5.82 Å². The summed E-state index contributed by atoms with van der Waals surface area (Å²) in [6.45, 7) is 0.428. The second kappa shape index (κ2) is 3.94. The Morgan fingerprint density at radius 1 is 1.29 bits per heavy atom. The maximum atomic E-state index is 12.9. The van der Waals surface area contributed by atoms with Crippen molar-refractivity contribution in [1.29, 1.82) is 0 Å². The van der Waals surface area contributed by atoms with E-state index in [1.165, 1.54) is 12.1 Å². The van der Waals surface area contributed by atoms with Gasteiger partial charge in [-0.3, -0.25) is 4.40 Å². The fourth-order valence-electron chi connectivity index (χ4n) is 1.76. The molecule has 2 heterocycles. The Kier molecular flexibility index (Phi) is 2.42. The van der Waals surface area contributed by atoms with E-state index in [2.05, 4.69) is 4.98 Å². The van der Waals surface area contributed by atoms with Gasteiger partial charge in [0, 0.05) is 18.1 Å². The maximum Gasteiger partial charge on any atom is 0.194 e. The molecule has 2 aromatic heterocycles. The molecule has 0 bridgehead atoms. The van der Waals surface area contributed by atoms with Crippen molar-refractivity contribution in [1.82, 2.24) is 9.38 Å². The highest BCUT2D eigenvalue weighted by Crippen LogP contribution is 2.26. The topological polar surface area (TPSA) is 43.3 Å². The number of nitrogens with zero attached hydrogens (tertiary/aromatic N) is 2. The molecule has 0 saturated carbocycles. The van der Waals surface area contributed by atoms with E-state index in [0.717, 1.165) is 21.9 Å². The highest BCUT2D eigenvalue weighted by Gasteiger charge is 2.08. The first kappa shape index (κ1) is 10.4. The van der Waals surface area contributed by atoms with Crippen LogP contribution >= 0.6 is 11.3 Å². The monoisotopic (exact) mass is 247 g/mol. The largest absolute Gasteiger partial charge is 0.325 e. The third-order valence-corrected chi connectivity index (χ3v) is 3.45. The number of hydrogen-bond acceptors (Lipinski definition) is 3. The summed E-state index contributed by atoms with van der Waals surface area (Å²) in [4.78, 5) is 5.28. The van der Waals surface area contributed by atoms with Crippen LogP contribution in [0.25, 0.3) is 16.2 Å². The summed E-state index contributed by atoms with van der Waals surface area (Å²) in [5.41, 5.74) is 8.40. The van der Waals surface area contributed by atoms with Gasteiger partial charge in [0.2, 0.25) is 0 Å². The summed E-state index contributed by atoms with van der Waals surface area (Å²) >= 11 is 1.55. The van der Waals surface area contributed by atoms with Gasteiger partial charge in [0.05, 0.1) is 11.4 Å². The van der Waals surface area contributed by atoms with Gasteiger partial charge in [-0.05, 0) is 29.8 Å². The molecule has 0 aliphatic heterocycles. The van der Waals surface area contributed by atoms with Gasteiger partial charge in [-0.25, -0.2) is 9.37 Å². The normalized spacial score (nSPS) is 11.2. The Balaban J connectivity index is 2.16. The molecule has 0 aliphatic rings. The average Bonchev–Trinajstić information content (AvgIpc) is 2.89. The third kappa shape index (κ3) is 1.73. The lowest BCUT2D eigenvalue weighted by Crippen LogP contribution is -1.95. The van der Waals surface area contributed by atoms with Crippen molar-refractivity contribution in [3.63, 3.8) is 0 Å². The van der Waals surface area contributed by atoms with Crippen molar-refractivity contribution >= 4 is 16.3 Å². The first-order chi connectivity index (χ1) is 8.28. The van der Waals surface area contributed by atoms with Gasteiger partial charge in [-0.2, -0.15) is 0 Å². The molecule has 0 aliphatic carbocycles. The molecular formula is C12H10FN3S. The fourth-order valence-corrected chi connectivity index (χ4v) is 2.66. The standard InChI is InChI=1S/C12H10FN3S/c13-9-3-1-8(2-4-9)11-7-17-12-15-10(5-14)6-16(11)12/h1-4,6-7H,5,14H2. The molecule has 0 amide bonds. The number of nitrogens with two attached hydrogens (primary N) is 1. The molecule has 3 rings (SSSR count). The lowest BCUT2D eigenvalue weighted by atomic mass is 10.2. The van der Waals surface area contributed by atoms with E-state index in [9.17, 15) is 4.39 Å². The van der Waals surface area contributed by atoms with Crippen molar-refractivity contribution in [2.45, 2.75) is 6.54 Å². The van der Waals surface area contributed by atoms with E-state index >= 15 is 0 Å². The molecule has 0 atom stereocenters. The molecule has 86 valence electrons. The fraction of sp³-hybridized carbons (Fsp3) is 0.0833. The zero-order valence-electron chi connectivity index (χ0n) is 8.93. The molecule has 17 heavy (non-hydrogen) atoms. The van der Waals surface area contributed by atoms with Crippen molar-refractivity contribution in [3.05, 3.63) is 47.4 Å². The molecule has 0 unspecified atom stereocenters. The molecule has 1 aromatic carbocycles. The van der Waals surface area contributed by atoms with Gasteiger partial charge in [0.15, 0.2) is 4.96 Å². The Hall–Kier alpha value is -1.72. The van der Waals surface area contributed by atoms with Crippen LogP contribution in [0.15, 0.2) is 35.8 Å². The molecular weight excluding hydrogens is 237 g/mol. The molecule has 0 fully saturated rings. The predicted octanol–water partition coefficient (Wildman–Crippen LogP) is 2.66. The van der Waals surface area contributed by atoms with E-state index in [1.54, 1.807) is 23.5 Å². The Morgan fingerprint density at radius 3 is 2.76 bits per heavy atom. The lowest BCUT2D eigenvalue weighted by Gasteiger charge is -1.99. The predicted molar refractivity (Wildman–Crippen MR) is 66.4 cm³/mol. The Morgan fingerprint density at radius 2 is 2.06 bits per heavy atom.